The molecular weight excluding hydrogens is 336 g/mol. The van der Waals surface area contributed by atoms with Gasteiger partial charge in [0.25, 0.3) is 0 Å². The minimum Gasteiger partial charge on any atom is -0.485 e. The molecule has 1 aromatic heterocycles. The molecule has 0 bridgehead atoms. The van der Waals surface area contributed by atoms with E-state index < -0.39 is 0 Å². The maximum absolute atomic E-state index is 6.16. The number of rotatable bonds is 3. The number of hydrogen-bond donors (Lipinski definition) is 1. The van der Waals surface area contributed by atoms with Crippen LogP contribution in [-0.2, 0) is 0 Å². The fourth-order valence-corrected chi connectivity index (χ4v) is 2.85. The van der Waals surface area contributed by atoms with Gasteiger partial charge in [0.2, 0.25) is 0 Å². The molecule has 0 radical (unpaired) electrons. The van der Waals surface area contributed by atoms with Gasteiger partial charge < -0.3 is 4.74 Å². The van der Waals surface area contributed by atoms with E-state index in [0.717, 1.165) is 22.6 Å². The molecule has 0 spiro atoms. The molecule has 1 unspecified atom stereocenters. The highest BCUT2D eigenvalue weighted by Crippen LogP contribution is 2.35. The van der Waals surface area contributed by atoms with Gasteiger partial charge in [-0.1, -0.05) is 54.1 Å². The van der Waals surface area contributed by atoms with E-state index in [2.05, 4.69) is 32.9 Å². The Morgan fingerprint density at radius 1 is 0.960 bits per heavy atom. The third-order valence-corrected chi connectivity index (χ3v) is 4.16. The molecule has 6 heteroatoms. The van der Waals surface area contributed by atoms with Gasteiger partial charge in [0.15, 0.2) is 11.0 Å². The fourth-order valence-electron chi connectivity index (χ4n) is 2.75. The Morgan fingerprint density at radius 2 is 1.76 bits per heavy atom. The van der Waals surface area contributed by atoms with Gasteiger partial charge in [-0.15, -0.1) is 10.2 Å². The Kier molecular flexibility index (Phi) is 4.31. The summed E-state index contributed by atoms with van der Waals surface area (Å²) in [4.78, 5) is 0. The highest BCUT2D eigenvalue weighted by atomic mass is 35.5. The van der Waals surface area contributed by atoms with E-state index in [0.29, 0.717) is 17.4 Å². The van der Waals surface area contributed by atoms with Crippen LogP contribution in [0.5, 0.6) is 5.75 Å². The second kappa shape index (κ2) is 6.91. The lowest BCUT2D eigenvalue weighted by Gasteiger charge is -2.27. The summed E-state index contributed by atoms with van der Waals surface area (Å²) in [5.41, 5.74) is 5.96. The van der Waals surface area contributed by atoms with E-state index in [9.17, 15) is 0 Å². The smallest absolute Gasteiger partial charge is 0.168 e. The lowest BCUT2D eigenvalue weighted by molar-refractivity contribution is 0.206. The minimum atomic E-state index is -0.0760. The van der Waals surface area contributed by atoms with Crippen molar-refractivity contribution in [3.63, 3.8) is 0 Å². The van der Waals surface area contributed by atoms with Crippen LogP contribution in [0.2, 0.25) is 5.15 Å². The van der Waals surface area contributed by atoms with E-state index >= 15 is 0 Å². The van der Waals surface area contributed by atoms with Crippen LogP contribution in [0.15, 0.2) is 71.8 Å². The third kappa shape index (κ3) is 3.46. The molecule has 0 fully saturated rings. The van der Waals surface area contributed by atoms with Crippen molar-refractivity contribution in [1.82, 2.24) is 10.2 Å². The minimum absolute atomic E-state index is 0.0760. The second-order valence-electron chi connectivity index (χ2n) is 5.63. The highest BCUT2D eigenvalue weighted by molar-refractivity contribution is 6.29. The SMILES string of the molecule is Clc1ccc(N/N=C2/CC(c3ccccc3)Oc3ccccc32)nn1. The summed E-state index contributed by atoms with van der Waals surface area (Å²) < 4.78 is 6.16. The average molecular weight is 351 g/mol. The van der Waals surface area contributed by atoms with Crippen molar-refractivity contribution in [1.29, 1.82) is 0 Å². The van der Waals surface area contributed by atoms with Crippen LogP contribution in [0.4, 0.5) is 5.82 Å². The summed E-state index contributed by atoms with van der Waals surface area (Å²) in [6.45, 7) is 0. The fraction of sp³-hybridized carbons (Fsp3) is 0.105. The summed E-state index contributed by atoms with van der Waals surface area (Å²) >= 11 is 5.76. The number of nitrogens with zero attached hydrogens (tertiary/aromatic N) is 3. The number of hydrazone groups is 1. The predicted molar refractivity (Wildman–Crippen MR) is 98.1 cm³/mol. The third-order valence-electron chi connectivity index (χ3n) is 3.95. The van der Waals surface area contributed by atoms with Gasteiger partial charge in [-0.3, -0.25) is 5.43 Å². The monoisotopic (exact) mass is 350 g/mol. The Labute approximate surface area is 150 Å². The van der Waals surface area contributed by atoms with Crippen LogP contribution in [0.3, 0.4) is 0 Å². The van der Waals surface area contributed by atoms with E-state index in [-0.39, 0.29) is 6.10 Å². The van der Waals surface area contributed by atoms with Crippen molar-refractivity contribution in [2.24, 2.45) is 5.10 Å². The van der Waals surface area contributed by atoms with Crippen LogP contribution in [0.25, 0.3) is 0 Å². The number of para-hydroxylation sites is 1. The first-order chi connectivity index (χ1) is 12.3. The lowest BCUT2D eigenvalue weighted by atomic mass is 9.96. The normalized spacial score (nSPS) is 17.6. The first-order valence-corrected chi connectivity index (χ1v) is 8.30. The zero-order chi connectivity index (χ0) is 17.1. The van der Waals surface area contributed by atoms with Crippen molar-refractivity contribution in [3.05, 3.63) is 83.0 Å². The molecule has 0 aliphatic carbocycles. The van der Waals surface area contributed by atoms with Crippen LogP contribution in [0, 0.1) is 0 Å². The van der Waals surface area contributed by atoms with E-state index in [1.165, 1.54) is 0 Å². The van der Waals surface area contributed by atoms with Gasteiger partial charge in [-0.25, -0.2) is 0 Å². The molecule has 124 valence electrons. The molecule has 1 aliphatic heterocycles. The van der Waals surface area contributed by atoms with E-state index in [1.54, 1.807) is 12.1 Å². The van der Waals surface area contributed by atoms with E-state index in [4.69, 9.17) is 16.3 Å². The van der Waals surface area contributed by atoms with Gasteiger partial charge in [0.05, 0.1) is 5.71 Å². The molecular formula is C19H15ClN4O. The number of ether oxygens (including phenoxy) is 1. The van der Waals surface area contributed by atoms with Crippen molar-refractivity contribution in [3.8, 4) is 5.75 Å². The Balaban J connectivity index is 1.65. The predicted octanol–water partition coefficient (Wildman–Crippen LogP) is 4.47. The number of hydrogen-bond acceptors (Lipinski definition) is 5. The maximum Gasteiger partial charge on any atom is 0.168 e. The number of nitrogens with one attached hydrogen (secondary N) is 1. The molecule has 4 rings (SSSR count). The topological polar surface area (TPSA) is 59.4 Å². The first-order valence-electron chi connectivity index (χ1n) is 7.92. The van der Waals surface area contributed by atoms with Gasteiger partial charge >= 0.3 is 0 Å². The zero-order valence-corrected chi connectivity index (χ0v) is 14.0. The Hall–Kier alpha value is -2.92. The first kappa shape index (κ1) is 15.6. The molecule has 3 aromatic rings. The molecule has 2 heterocycles. The lowest BCUT2D eigenvalue weighted by Crippen LogP contribution is -2.21. The van der Waals surface area contributed by atoms with Crippen LogP contribution in [0.1, 0.15) is 23.7 Å². The van der Waals surface area contributed by atoms with E-state index in [1.807, 2.05) is 42.5 Å². The molecule has 0 saturated carbocycles. The summed E-state index contributed by atoms with van der Waals surface area (Å²) in [6, 6.07) is 21.5. The van der Waals surface area contributed by atoms with Crippen LogP contribution < -0.4 is 10.2 Å². The van der Waals surface area contributed by atoms with Crippen LogP contribution in [-0.4, -0.2) is 15.9 Å². The second-order valence-corrected chi connectivity index (χ2v) is 6.02. The molecule has 1 aliphatic rings. The Morgan fingerprint density at radius 3 is 2.56 bits per heavy atom. The Bertz CT molecular complexity index is 897. The molecule has 0 amide bonds. The maximum atomic E-state index is 6.16. The largest absolute Gasteiger partial charge is 0.485 e. The highest BCUT2D eigenvalue weighted by Gasteiger charge is 2.26. The number of anilines is 1. The number of aromatic nitrogens is 2. The van der Waals surface area contributed by atoms with Crippen LogP contribution >= 0.6 is 11.6 Å². The van der Waals surface area contributed by atoms with Crippen molar-refractivity contribution >= 4 is 23.1 Å². The van der Waals surface area contributed by atoms with Gasteiger partial charge in [-0.2, -0.15) is 5.10 Å². The molecule has 2 aromatic carbocycles. The average Bonchev–Trinajstić information content (AvgIpc) is 2.68. The molecule has 1 atom stereocenters. The molecule has 0 saturated heterocycles. The van der Waals surface area contributed by atoms with Crippen molar-refractivity contribution in [2.75, 3.05) is 5.43 Å². The van der Waals surface area contributed by atoms with Crippen molar-refractivity contribution in [2.45, 2.75) is 12.5 Å². The molecule has 5 nitrogen and oxygen atoms in total. The molecule has 25 heavy (non-hydrogen) atoms. The standard InChI is InChI=1S/C19H15ClN4O/c20-18-10-11-19(24-22-18)23-21-15-12-17(13-6-2-1-3-7-13)25-16-9-5-4-8-14(15)16/h1-11,17H,12H2,(H,23,24)/b21-15-. The quantitative estimate of drug-likeness (QED) is 0.708. The van der Waals surface area contributed by atoms with Gasteiger partial charge in [0.1, 0.15) is 11.9 Å². The summed E-state index contributed by atoms with van der Waals surface area (Å²) in [7, 11) is 0. The number of fused-ring (bicyclic) bond motifs is 1. The molecule has 1 N–H and O–H groups in total. The van der Waals surface area contributed by atoms with Crippen molar-refractivity contribution < 1.29 is 4.74 Å². The summed E-state index contributed by atoms with van der Waals surface area (Å²) in [6.07, 6.45) is 0.586. The number of benzene rings is 2. The zero-order valence-electron chi connectivity index (χ0n) is 13.3. The summed E-state index contributed by atoms with van der Waals surface area (Å²) in [5, 5.41) is 12.7. The summed E-state index contributed by atoms with van der Waals surface area (Å²) in [5.74, 6) is 1.36. The van der Waals surface area contributed by atoms with Gasteiger partial charge in [0, 0.05) is 12.0 Å². The number of halogens is 1. The van der Waals surface area contributed by atoms with Gasteiger partial charge in [-0.05, 0) is 29.8 Å².